The number of likely N-dealkylation sites (tertiary alicyclic amines) is 2. The summed E-state index contributed by atoms with van der Waals surface area (Å²) in [5.74, 6) is 1.15. The summed E-state index contributed by atoms with van der Waals surface area (Å²) >= 11 is 0. The molecule has 2 N–H and O–H groups in total. The zero-order valence-electron chi connectivity index (χ0n) is 15.7. The molecule has 2 heterocycles. The lowest BCUT2D eigenvalue weighted by molar-refractivity contribution is -0.141. The lowest BCUT2D eigenvalue weighted by atomic mass is 9.94. The number of rotatable bonds is 6. The second-order valence-corrected chi connectivity index (χ2v) is 7.13. The van der Waals surface area contributed by atoms with Gasteiger partial charge in [-0.05, 0) is 37.8 Å². The summed E-state index contributed by atoms with van der Waals surface area (Å²) in [4.78, 5) is 28.9. The second-order valence-electron chi connectivity index (χ2n) is 7.13. The standard InChI is InChI=1S/C20H29N3O3.ClH/c21-15-17-5-4-11-23(17)20(25)16-8-12-22(13-9-16)19(24)10-14-26-18-6-2-1-3-7-18;/h1-3,6-7,16-17H,4-5,8-15,21H2;1H. The van der Waals surface area contributed by atoms with E-state index in [0.717, 1.165) is 38.0 Å². The van der Waals surface area contributed by atoms with Crippen LogP contribution in [0.5, 0.6) is 5.75 Å². The van der Waals surface area contributed by atoms with Crippen molar-refractivity contribution in [1.82, 2.24) is 9.80 Å². The molecule has 0 spiro atoms. The first kappa shape index (κ1) is 21.5. The van der Waals surface area contributed by atoms with Crippen molar-refractivity contribution >= 4 is 24.2 Å². The number of hydrogen-bond donors (Lipinski definition) is 1. The number of ether oxygens (including phenoxy) is 1. The van der Waals surface area contributed by atoms with Gasteiger partial charge in [0.1, 0.15) is 5.75 Å². The van der Waals surface area contributed by atoms with Crippen molar-refractivity contribution < 1.29 is 14.3 Å². The van der Waals surface area contributed by atoms with Crippen LogP contribution in [0.1, 0.15) is 32.1 Å². The molecule has 0 aliphatic carbocycles. The molecular weight excluding hydrogens is 366 g/mol. The Kier molecular flexibility index (Phi) is 8.38. The summed E-state index contributed by atoms with van der Waals surface area (Å²) in [7, 11) is 0. The third-order valence-electron chi connectivity index (χ3n) is 5.46. The van der Waals surface area contributed by atoms with Gasteiger partial charge in [0, 0.05) is 38.1 Å². The number of amides is 2. The van der Waals surface area contributed by atoms with E-state index in [2.05, 4.69) is 0 Å². The highest BCUT2D eigenvalue weighted by Crippen LogP contribution is 2.25. The molecule has 0 aromatic heterocycles. The fourth-order valence-electron chi connectivity index (χ4n) is 3.91. The van der Waals surface area contributed by atoms with Crippen LogP contribution >= 0.6 is 12.4 Å². The second kappa shape index (κ2) is 10.5. The summed E-state index contributed by atoms with van der Waals surface area (Å²) in [5.41, 5.74) is 5.78. The fourth-order valence-corrected chi connectivity index (χ4v) is 3.91. The minimum Gasteiger partial charge on any atom is -0.493 e. The smallest absolute Gasteiger partial charge is 0.226 e. The van der Waals surface area contributed by atoms with Gasteiger partial charge in [0.15, 0.2) is 0 Å². The van der Waals surface area contributed by atoms with E-state index in [1.165, 1.54) is 0 Å². The van der Waals surface area contributed by atoms with E-state index in [1.807, 2.05) is 40.1 Å². The topological polar surface area (TPSA) is 75.9 Å². The molecule has 0 radical (unpaired) electrons. The van der Waals surface area contributed by atoms with Gasteiger partial charge in [-0.15, -0.1) is 12.4 Å². The molecule has 0 bridgehead atoms. The molecule has 3 rings (SSSR count). The van der Waals surface area contributed by atoms with Crippen molar-refractivity contribution in [2.24, 2.45) is 11.7 Å². The molecule has 2 saturated heterocycles. The number of carbonyl (C=O) groups is 2. The van der Waals surface area contributed by atoms with E-state index in [9.17, 15) is 9.59 Å². The predicted octanol–water partition coefficient (Wildman–Crippen LogP) is 2.07. The van der Waals surface area contributed by atoms with Gasteiger partial charge in [-0.25, -0.2) is 0 Å². The van der Waals surface area contributed by atoms with Gasteiger partial charge in [0.25, 0.3) is 0 Å². The highest BCUT2D eigenvalue weighted by Gasteiger charge is 2.34. The predicted molar refractivity (Wildman–Crippen MR) is 107 cm³/mol. The monoisotopic (exact) mass is 395 g/mol. The van der Waals surface area contributed by atoms with E-state index in [1.54, 1.807) is 0 Å². The number of nitrogens with two attached hydrogens (primary N) is 1. The molecule has 2 amide bonds. The Bertz CT molecular complexity index is 606. The van der Waals surface area contributed by atoms with Gasteiger partial charge in [0.2, 0.25) is 11.8 Å². The number of piperidine rings is 1. The number of hydrogen-bond acceptors (Lipinski definition) is 4. The zero-order chi connectivity index (χ0) is 18.4. The molecule has 1 aromatic carbocycles. The van der Waals surface area contributed by atoms with Crippen molar-refractivity contribution in [1.29, 1.82) is 0 Å². The minimum absolute atomic E-state index is 0. The molecule has 7 heteroatoms. The Labute approximate surface area is 167 Å². The third kappa shape index (κ3) is 5.59. The van der Waals surface area contributed by atoms with E-state index in [4.69, 9.17) is 10.5 Å². The summed E-state index contributed by atoms with van der Waals surface area (Å²) in [6.45, 7) is 3.07. The van der Waals surface area contributed by atoms with Crippen LogP contribution in [-0.4, -0.2) is 60.4 Å². The van der Waals surface area contributed by atoms with Crippen LogP contribution in [0.4, 0.5) is 0 Å². The Balaban J connectivity index is 0.00000261. The van der Waals surface area contributed by atoms with Gasteiger partial charge < -0.3 is 20.3 Å². The molecule has 2 fully saturated rings. The maximum Gasteiger partial charge on any atom is 0.226 e. The quantitative estimate of drug-likeness (QED) is 0.799. The molecule has 1 unspecified atom stereocenters. The van der Waals surface area contributed by atoms with Gasteiger partial charge in [0.05, 0.1) is 13.0 Å². The molecule has 27 heavy (non-hydrogen) atoms. The summed E-state index contributed by atoms with van der Waals surface area (Å²) in [5, 5.41) is 0. The van der Waals surface area contributed by atoms with Gasteiger partial charge in [-0.1, -0.05) is 18.2 Å². The van der Waals surface area contributed by atoms with E-state index < -0.39 is 0 Å². The summed E-state index contributed by atoms with van der Waals surface area (Å²) in [6, 6.07) is 9.73. The van der Waals surface area contributed by atoms with Crippen LogP contribution in [0.3, 0.4) is 0 Å². The highest BCUT2D eigenvalue weighted by atomic mass is 35.5. The van der Waals surface area contributed by atoms with Crippen molar-refractivity contribution in [3.8, 4) is 5.75 Å². The van der Waals surface area contributed by atoms with Crippen LogP contribution < -0.4 is 10.5 Å². The number of para-hydroxylation sites is 1. The maximum absolute atomic E-state index is 12.7. The average Bonchev–Trinajstić information content (AvgIpc) is 3.17. The van der Waals surface area contributed by atoms with Gasteiger partial charge in [-0.3, -0.25) is 9.59 Å². The number of halogens is 1. The first-order valence-corrected chi connectivity index (χ1v) is 9.65. The maximum atomic E-state index is 12.7. The average molecular weight is 396 g/mol. The molecule has 150 valence electrons. The molecule has 2 aliphatic rings. The van der Waals surface area contributed by atoms with Crippen molar-refractivity contribution in [2.75, 3.05) is 32.8 Å². The first-order chi connectivity index (χ1) is 12.7. The van der Waals surface area contributed by atoms with Crippen molar-refractivity contribution in [2.45, 2.75) is 38.1 Å². The van der Waals surface area contributed by atoms with Crippen molar-refractivity contribution in [3.05, 3.63) is 30.3 Å². The third-order valence-corrected chi connectivity index (χ3v) is 5.46. The van der Waals surface area contributed by atoms with Crippen LogP contribution in [0.25, 0.3) is 0 Å². The lowest BCUT2D eigenvalue weighted by Gasteiger charge is -2.34. The summed E-state index contributed by atoms with van der Waals surface area (Å²) in [6.07, 6.45) is 3.93. The fraction of sp³-hybridized carbons (Fsp3) is 0.600. The molecular formula is C20H30ClN3O3. The Hall–Kier alpha value is -1.79. The zero-order valence-corrected chi connectivity index (χ0v) is 16.5. The van der Waals surface area contributed by atoms with Gasteiger partial charge in [-0.2, -0.15) is 0 Å². The van der Waals surface area contributed by atoms with E-state index in [0.29, 0.717) is 32.7 Å². The number of benzene rings is 1. The molecule has 1 aromatic rings. The largest absolute Gasteiger partial charge is 0.493 e. The SMILES string of the molecule is Cl.NCC1CCCN1C(=O)C1CCN(C(=O)CCOc2ccccc2)CC1. The van der Waals surface area contributed by atoms with Crippen molar-refractivity contribution in [3.63, 3.8) is 0 Å². The van der Waals surface area contributed by atoms with Crippen LogP contribution in [0.15, 0.2) is 30.3 Å². The highest BCUT2D eigenvalue weighted by molar-refractivity contribution is 5.85. The summed E-state index contributed by atoms with van der Waals surface area (Å²) < 4.78 is 5.60. The number of nitrogens with zero attached hydrogens (tertiary/aromatic N) is 2. The van der Waals surface area contributed by atoms with Gasteiger partial charge >= 0.3 is 0 Å². The molecule has 0 saturated carbocycles. The number of carbonyl (C=O) groups excluding carboxylic acids is 2. The van der Waals surface area contributed by atoms with E-state index >= 15 is 0 Å². The molecule has 1 atom stereocenters. The molecule has 6 nitrogen and oxygen atoms in total. The lowest BCUT2D eigenvalue weighted by Crippen LogP contribution is -2.47. The molecule has 2 aliphatic heterocycles. The van der Waals surface area contributed by atoms with Crippen LogP contribution in [-0.2, 0) is 9.59 Å². The van der Waals surface area contributed by atoms with E-state index in [-0.39, 0.29) is 36.2 Å². The van der Waals surface area contributed by atoms with Crippen LogP contribution in [0.2, 0.25) is 0 Å². The van der Waals surface area contributed by atoms with Crippen LogP contribution in [0, 0.1) is 5.92 Å². The Morgan fingerprint density at radius 2 is 1.78 bits per heavy atom. The Morgan fingerprint density at radius 1 is 1.07 bits per heavy atom. The minimum atomic E-state index is 0. The normalized spacial score (nSPS) is 20.3. The first-order valence-electron chi connectivity index (χ1n) is 9.65. The Morgan fingerprint density at radius 3 is 2.44 bits per heavy atom.